The zero-order chi connectivity index (χ0) is 11.5. The molecule has 0 unspecified atom stereocenters. The summed E-state index contributed by atoms with van der Waals surface area (Å²) in [7, 11) is 0. The maximum absolute atomic E-state index is 12.3. The van der Waals surface area contributed by atoms with Crippen LogP contribution >= 0.6 is 0 Å². The molecule has 0 aromatic heterocycles. The lowest BCUT2D eigenvalue weighted by atomic mass is 10.2. The molecule has 1 rings (SSSR count). The van der Waals surface area contributed by atoms with Crippen molar-refractivity contribution in [3.8, 4) is 0 Å². The lowest BCUT2D eigenvalue weighted by molar-refractivity contribution is -0.137. The van der Waals surface area contributed by atoms with Crippen molar-refractivity contribution in [3.63, 3.8) is 0 Å². The highest BCUT2D eigenvalue weighted by Crippen LogP contribution is 2.30. The molecule has 0 aliphatic carbocycles. The molecule has 0 fully saturated rings. The number of alkyl halides is 3. The van der Waals surface area contributed by atoms with Crippen molar-refractivity contribution in [2.45, 2.75) is 20.0 Å². The zero-order valence-corrected chi connectivity index (χ0v) is 8.80. The smallest absolute Gasteiger partial charge is 0.372 e. The molecule has 0 aliphatic heterocycles. The molecule has 0 saturated carbocycles. The molecule has 0 heterocycles. The van der Waals surface area contributed by atoms with E-state index in [4.69, 9.17) is 0 Å². The quantitative estimate of drug-likeness (QED) is 0.748. The van der Waals surface area contributed by atoms with Crippen molar-refractivity contribution < 1.29 is 13.2 Å². The van der Waals surface area contributed by atoms with Gasteiger partial charge in [-0.15, -0.1) is 0 Å². The predicted molar refractivity (Wildman–Crippen MR) is 55.0 cm³/mol. The molecule has 1 aromatic rings. The average Bonchev–Trinajstić information content (AvgIpc) is 2.19. The van der Waals surface area contributed by atoms with E-state index in [1.54, 1.807) is 0 Å². The van der Waals surface area contributed by atoms with Crippen LogP contribution in [-0.4, -0.2) is 13.1 Å². The molecule has 0 aliphatic rings. The van der Waals surface area contributed by atoms with Crippen LogP contribution in [0.4, 0.5) is 18.9 Å². The summed E-state index contributed by atoms with van der Waals surface area (Å²) in [4.78, 5) is 2.00. The second kappa shape index (κ2) is 4.55. The number of hydrogen-bond donors (Lipinski definition) is 0. The minimum atomic E-state index is -4.25. The molecule has 84 valence electrons. The monoisotopic (exact) mass is 217 g/mol. The molecular weight excluding hydrogens is 203 g/mol. The van der Waals surface area contributed by atoms with E-state index >= 15 is 0 Å². The Hall–Kier alpha value is -1.19. The standard InChI is InChI=1S/C11H14F3N/c1-3-15(4-2)10-7-5-9(6-8-10)11(12,13)14/h5-8H,3-4H2,1-2H3. The second-order valence-electron chi connectivity index (χ2n) is 3.22. The van der Waals surface area contributed by atoms with Gasteiger partial charge in [0.15, 0.2) is 0 Å². The number of hydrogen-bond acceptors (Lipinski definition) is 1. The molecular formula is C11H14F3N. The van der Waals surface area contributed by atoms with Crippen molar-refractivity contribution in [2.75, 3.05) is 18.0 Å². The van der Waals surface area contributed by atoms with E-state index in [9.17, 15) is 13.2 Å². The van der Waals surface area contributed by atoms with Gasteiger partial charge in [0.2, 0.25) is 0 Å². The third kappa shape index (κ3) is 2.88. The topological polar surface area (TPSA) is 3.24 Å². The van der Waals surface area contributed by atoms with E-state index in [2.05, 4.69) is 0 Å². The number of anilines is 1. The van der Waals surface area contributed by atoms with E-state index in [0.717, 1.165) is 30.9 Å². The summed E-state index contributed by atoms with van der Waals surface area (Å²) in [6, 6.07) is 5.26. The summed E-state index contributed by atoms with van der Waals surface area (Å²) in [5.41, 5.74) is 0.228. The van der Waals surface area contributed by atoms with Gasteiger partial charge in [-0.2, -0.15) is 13.2 Å². The number of nitrogens with zero attached hydrogens (tertiary/aromatic N) is 1. The van der Waals surface area contributed by atoms with Crippen LogP contribution in [0.15, 0.2) is 24.3 Å². The summed E-state index contributed by atoms with van der Waals surface area (Å²) < 4.78 is 36.8. The number of rotatable bonds is 3. The van der Waals surface area contributed by atoms with Gasteiger partial charge in [-0.05, 0) is 38.1 Å². The van der Waals surface area contributed by atoms with Crippen molar-refractivity contribution in [1.82, 2.24) is 0 Å². The Kier molecular flexibility index (Phi) is 3.61. The summed E-state index contributed by atoms with van der Waals surface area (Å²) in [6.07, 6.45) is -4.25. The summed E-state index contributed by atoms with van der Waals surface area (Å²) in [5, 5.41) is 0. The van der Waals surface area contributed by atoms with Gasteiger partial charge in [-0.25, -0.2) is 0 Å². The molecule has 0 N–H and O–H groups in total. The van der Waals surface area contributed by atoms with Crippen LogP contribution in [0, 0.1) is 0 Å². The summed E-state index contributed by atoms with van der Waals surface area (Å²) in [6.45, 7) is 5.53. The summed E-state index contributed by atoms with van der Waals surface area (Å²) in [5.74, 6) is 0. The maximum atomic E-state index is 12.3. The second-order valence-corrected chi connectivity index (χ2v) is 3.22. The first-order valence-electron chi connectivity index (χ1n) is 4.91. The van der Waals surface area contributed by atoms with Crippen LogP contribution in [0.3, 0.4) is 0 Å². The van der Waals surface area contributed by atoms with Crippen molar-refractivity contribution in [3.05, 3.63) is 29.8 Å². The molecule has 4 heteroatoms. The molecule has 0 radical (unpaired) electrons. The fourth-order valence-electron chi connectivity index (χ4n) is 1.45. The van der Waals surface area contributed by atoms with E-state index in [1.807, 2.05) is 18.7 Å². The Morgan fingerprint density at radius 3 is 1.80 bits per heavy atom. The largest absolute Gasteiger partial charge is 0.416 e. The molecule has 0 amide bonds. The van der Waals surface area contributed by atoms with Crippen LogP contribution < -0.4 is 4.90 Å². The Bertz CT molecular complexity index is 299. The highest BCUT2D eigenvalue weighted by molar-refractivity contribution is 5.47. The fraction of sp³-hybridized carbons (Fsp3) is 0.455. The molecule has 0 bridgehead atoms. The van der Waals surface area contributed by atoms with Crippen molar-refractivity contribution in [1.29, 1.82) is 0 Å². The Labute approximate surface area is 87.5 Å². The van der Waals surface area contributed by atoms with E-state index in [0.29, 0.717) is 0 Å². The molecule has 0 atom stereocenters. The van der Waals surface area contributed by atoms with E-state index in [1.165, 1.54) is 12.1 Å². The van der Waals surface area contributed by atoms with Crippen LogP contribution in [0.5, 0.6) is 0 Å². The zero-order valence-electron chi connectivity index (χ0n) is 8.80. The highest BCUT2D eigenvalue weighted by atomic mass is 19.4. The van der Waals surface area contributed by atoms with Gasteiger partial charge in [-0.3, -0.25) is 0 Å². The van der Waals surface area contributed by atoms with Gasteiger partial charge in [0, 0.05) is 18.8 Å². The molecule has 0 saturated heterocycles. The molecule has 1 nitrogen and oxygen atoms in total. The van der Waals surface area contributed by atoms with Crippen molar-refractivity contribution >= 4 is 5.69 Å². The van der Waals surface area contributed by atoms with Crippen LogP contribution in [0.1, 0.15) is 19.4 Å². The predicted octanol–water partition coefficient (Wildman–Crippen LogP) is 3.55. The number of halogens is 3. The molecule has 1 aromatic carbocycles. The number of benzene rings is 1. The SMILES string of the molecule is CCN(CC)c1ccc(C(F)(F)F)cc1. The van der Waals surface area contributed by atoms with E-state index in [-0.39, 0.29) is 0 Å². The fourth-order valence-corrected chi connectivity index (χ4v) is 1.45. The van der Waals surface area contributed by atoms with E-state index < -0.39 is 11.7 Å². The average molecular weight is 217 g/mol. The normalized spacial score (nSPS) is 11.5. The lowest BCUT2D eigenvalue weighted by Crippen LogP contribution is -2.21. The highest BCUT2D eigenvalue weighted by Gasteiger charge is 2.30. The lowest BCUT2D eigenvalue weighted by Gasteiger charge is -2.21. The van der Waals surface area contributed by atoms with Crippen LogP contribution in [-0.2, 0) is 6.18 Å². The first-order chi connectivity index (χ1) is 6.99. The van der Waals surface area contributed by atoms with Crippen molar-refractivity contribution in [2.24, 2.45) is 0 Å². The van der Waals surface area contributed by atoms with Crippen LogP contribution in [0.2, 0.25) is 0 Å². The van der Waals surface area contributed by atoms with Gasteiger partial charge in [0.05, 0.1) is 5.56 Å². The Balaban J connectivity index is 2.89. The Morgan fingerprint density at radius 1 is 1.00 bits per heavy atom. The van der Waals surface area contributed by atoms with Gasteiger partial charge in [0.1, 0.15) is 0 Å². The van der Waals surface area contributed by atoms with Gasteiger partial charge in [0.25, 0.3) is 0 Å². The third-order valence-electron chi connectivity index (χ3n) is 2.32. The van der Waals surface area contributed by atoms with Crippen LogP contribution in [0.25, 0.3) is 0 Å². The Morgan fingerprint density at radius 2 is 1.47 bits per heavy atom. The summed E-state index contributed by atoms with van der Waals surface area (Å²) >= 11 is 0. The minimum absolute atomic E-state index is 0.599. The van der Waals surface area contributed by atoms with Gasteiger partial charge >= 0.3 is 6.18 Å². The first kappa shape index (κ1) is 11.9. The maximum Gasteiger partial charge on any atom is 0.416 e. The van der Waals surface area contributed by atoms with Gasteiger partial charge in [-0.1, -0.05) is 0 Å². The molecule has 15 heavy (non-hydrogen) atoms. The third-order valence-corrected chi connectivity index (χ3v) is 2.32. The minimum Gasteiger partial charge on any atom is -0.372 e. The van der Waals surface area contributed by atoms with Gasteiger partial charge < -0.3 is 4.90 Å². The first-order valence-corrected chi connectivity index (χ1v) is 4.91. The molecule has 0 spiro atoms.